The molecule has 292 valence electrons. The maximum Gasteiger partial charge on any atom is 0.165 e. The van der Waals surface area contributed by atoms with Gasteiger partial charge in [0, 0.05) is 38.2 Å². The Balaban J connectivity index is 1.21. The van der Waals surface area contributed by atoms with E-state index < -0.39 is 0 Å². The molecule has 0 spiro atoms. The predicted molar refractivity (Wildman–Crippen MR) is 263 cm³/mol. The molecule has 13 aromatic rings. The van der Waals surface area contributed by atoms with Gasteiger partial charge in [0.15, 0.2) is 17.5 Å². The van der Waals surface area contributed by atoms with Crippen molar-refractivity contribution in [3.63, 3.8) is 0 Å². The molecule has 0 N–H and O–H groups in total. The van der Waals surface area contributed by atoms with Gasteiger partial charge in [-0.15, -0.1) is 0 Å². The zero-order valence-corrected chi connectivity index (χ0v) is 34.1. The van der Waals surface area contributed by atoms with Gasteiger partial charge < -0.3 is 4.57 Å². The van der Waals surface area contributed by atoms with E-state index in [4.69, 9.17) is 15.0 Å². The third-order valence-electron chi connectivity index (χ3n) is 12.8. The summed E-state index contributed by atoms with van der Waals surface area (Å²) in [5, 5.41) is 14.0. The number of benzene rings is 11. The van der Waals surface area contributed by atoms with Crippen LogP contribution in [0.1, 0.15) is 0 Å². The molecule has 0 amide bonds. The first-order valence-electron chi connectivity index (χ1n) is 21.4. The summed E-state index contributed by atoms with van der Waals surface area (Å²) in [7, 11) is 0. The first-order valence-corrected chi connectivity index (χ1v) is 21.4. The van der Waals surface area contributed by atoms with Gasteiger partial charge >= 0.3 is 0 Å². The molecule has 0 aliphatic heterocycles. The van der Waals surface area contributed by atoms with Gasteiger partial charge in [0.25, 0.3) is 0 Å². The van der Waals surface area contributed by atoms with Gasteiger partial charge in [0.2, 0.25) is 0 Å². The molecular weight excluding hydrogens is 765 g/mol. The number of rotatable bonds is 5. The molecule has 0 bridgehead atoms. The summed E-state index contributed by atoms with van der Waals surface area (Å²) < 4.78 is 2.52. The van der Waals surface area contributed by atoms with Crippen LogP contribution in [0.25, 0.3) is 127 Å². The average Bonchev–Trinajstić information content (AvgIpc) is 3.68. The van der Waals surface area contributed by atoms with E-state index >= 15 is 0 Å². The lowest BCUT2D eigenvalue weighted by molar-refractivity contribution is 1.08. The zero-order chi connectivity index (χ0) is 41.4. The second kappa shape index (κ2) is 14.1. The highest BCUT2D eigenvalue weighted by Gasteiger charge is 2.25. The number of aromatic nitrogens is 4. The van der Waals surface area contributed by atoms with Gasteiger partial charge in [-0.2, -0.15) is 0 Å². The molecule has 0 saturated heterocycles. The summed E-state index contributed by atoms with van der Waals surface area (Å²) in [5.41, 5.74) is 8.45. The Morgan fingerprint density at radius 3 is 1.54 bits per heavy atom. The zero-order valence-electron chi connectivity index (χ0n) is 34.1. The van der Waals surface area contributed by atoms with Crippen LogP contribution in [0.3, 0.4) is 0 Å². The third kappa shape index (κ3) is 5.59. The smallest absolute Gasteiger partial charge is 0.165 e. The van der Waals surface area contributed by atoms with Crippen LogP contribution in [-0.2, 0) is 0 Å². The average molecular weight is 801 g/mol. The fourth-order valence-corrected chi connectivity index (χ4v) is 9.91. The molecule has 2 aromatic heterocycles. The number of fused-ring (bicyclic) bond motifs is 9. The van der Waals surface area contributed by atoms with E-state index in [1.807, 2.05) is 18.2 Å². The Hall–Kier alpha value is -8.47. The first kappa shape index (κ1) is 35.3. The molecule has 0 aliphatic carbocycles. The maximum atomic E-state index is 5.50. The number of nitrogens with zero attached hydrogens (tertiary/aromatic N) is 4. The summed E-state index contributed by atoms with van der Waals surface area (Å²) in [6.07, 6.45) is 0. The highest BCUT2D eigenvalue weighted by molar-refractivity contribution is 6.22. The Bertz CT molecular complexity index is 3970. The minimum Gasteiger partial charge on any atom is -0.308 e. The summed E-state index contributed by atoms with van der Waals surface area (Å²) in [4.78, 5) is 16.2. The van der Waals surface area contributed by atoms with E-state index in [0.717, 1.165) is 66.0 Å². The molecular formula is C59H36N4. The lowest BCUT2D eigenvalue weighted by atomic mass is 9.89. The van der Waals surface area contributed by atoms with Crippen LogP contribution in [0, 0.1) is 0 Å². The fourth-order valence-electron chi connectivity index (χ4n) is 9.91. The molecule has 13 rings (SSSR count). The van der Waals surface area contributed by atoms with Crippen molar-refractivity contribution in [1.82, 2.24) is 19.5 Å². The van der Waals surface area contributed by atoms with Gasteiger partial charge in [-0.05, 0) is 72.4 Å². The SMILES string of the molecule is c1ccc(-c2nc(-c3cccc4ccccc34)nc(-c3c(-c4cccc5ccccc45)cc(-n4c5cc6ccccc6cc5c5ccc6ccccc6c54)c4ccccc34)n2)cc1. The molecule has 0 aliphatic rings. The number of hydrogen-bond acceptors (Lipinski definition) is 3. The normalized spacial score (nSPS) is 11.8. The van der Waals surface area contributed by atoms with Gasteiger partial charge in [-0.25, -0.2) is 15.0 Å². The second-order valence-electron chi connectivity index (χ2n) is 16.3. The minimum atomic E-state index is 0.621. The lowest BCUT2D eigenvalue weighted by Crippen LogP contribution is -2.04. The minimum absolute atomic E-state index is 0.621. The van der Waals surface area contributed by atoms with Crippen molar-refractivity contribution in [2.75, 3.05) is 0 Å². The molecule has 11 aromatic carbocycles. The topological polar surface area (TPSA) is 43.6 Å². The third-order valence-corrected chi connectivity index (χ3v) is 12.8. The lowest BCUT2D eigenvalue weighted by Gasteiger charge is -2.20. The summed E-state index contributed by atoms with van der Waals surface area (Å²) in [6, 6.07) is 78.3. The fraction of sp³-hybridized carbons (Fsp3) is 0. The van der Waals surface area contributed by atoms with Gasteiger partial charge in [-0.3, -0.25) is 0 Å². The van der Waals surface area contributed by atoms with Crippen LogP contribution in [0.2, 0.25) is 0 Å². The van der Waals surface area contributed by atoms with Crippen LogP contribution in [0.5, 0.6) is 0 Å². The maximum absolute atomic E-state index is 5.50. The van der Waals surface area contributed by atoms with Crippen molar-refractivity contribution in [3.8, 4) is 51.0 Å². The predicted octanol–water partition coefficient (Wildman–Crippen LogP) is 15.4. The molecule has 0 radical (unpaired) electrons. The van der Waals surface area contributed by atoms with Gasteiger partial charge in [-0.1, -0.05) is 200 Å². The number of hydrogen-bond donors (Lipinski definition) is 0. The van der Waals surface area contributed by atoms with E-state index in [0.29, 0.717) is 17.5 Å². The quantitative estimate of drug-likeness (QED) is 0.174. The van der Waals surface area contributed by atoms with E-state index in [9.17, 15) is 0 Å². The first-order chi connectivity index (χ1) is 31.2. The molecule has 0 fully saturated rings. The summed E-state index contributed by atoms with van der Waals surface area (Å²) >= 11 is 0. The molecule has 0 atom stereocenters. The highest BCUT2D eigenvalue weighted by Crippen LogP contribution is 2.46. The van der Waals surface area contributed by atoms with E-state index in [1.165, 1.54) is 43.2 Å². The van der Waals surface area contributed by atoms with Crippen molar-refractivity contribution >= 4 is 75.7 Å². The largest absolute Gasteiger partial charge is 0.308 e. The van der Waals surface area contributed by atoms with E-state index in [1.54, 1.807) is 0 Å². The molecule has 63 heavy (non-hydrogen) atoms. The van der Waals surface area contributed by atoms with Crippen LogP contribution in [0.15, 0.2) is 218 Å². The van der Waals surface area contributed by atoms with Crippen molar-refractivity contribution in [3.05, 3.63) is 218 Å². The second-order valence-corrected chi connectivity index (χ2v) is 16.3. The molecule has 4 heteroatoms. The Morgan fingerprint density at radius 2 is 0.810 bits per heavy atom. The summed E-state index contributed by atoms with van der Waals surface area (Å²) in [5.74, 6) is 1.88. The molecule has 2 heterocycles. The van der Waals surface area contributed by atoms with Crippen molar-refractivity contribution in [2.45, 2.75) is 0 Å². The standard InChI is InChI=1S/C59H36N4/c1-2-19-40(20-3-1)57-60-58(50-31-15-24-38-17-7-10-26-44(38)50)62-59(61-57)55-48-29-13-12-28-47(48)54(36-52(55)46-30-14-23-37-16-6-9-25-43(37)46)63-53-35-42-22-5-4-21-41(42)34-51(53)49-33-32-39-18-8-11-27-45(39)56(49)63/h1-36H. The Morgan fingerprint density at radius 1 is 0.286 bits per heavy atom. The van der Waals surface area contributed by atoms with Crippen molar-refractivity contribution < 1.29 is 0 Å². The molecule has 0 saturated carbocycles. The van der Waals surface area contributed by atoms with Crippen LogP contribution < -0.4 is 0 Å². The van der Waals surface area contributed by atoms with E-state index in [2.05, 4.69) is 205 Å². The Labute approximate surface area is 363 Å². The van der Waals surface area contributed by atoms with Crippen LogP contribution in [-0.4, -0.2) is 19.5 Å². The summed E-state index contributed by atoms with van der Waals surface area (Å²) in [6.45, 7) is 0. The van der Waals surface area contributed by atoms with Gasteiger partial charge in [0.1, 0.15) is 0 Å². The van der Waals surface area contributed by atoms with Crippen molar-refractivity contribution in [1.29, 1.82) is 0 Å². The molecule has 0 unspecified atom stereocenters. The molecule has 4 nitrogen and oxygen atoms in total. The van der Waals surface area contributed by atoms with Crippen LogP contribution in [0.4, 0.5) is 0 Å². The van der Waals surface area contributed by atoms with Gasteiger partial charge in [0.05, 0.1) is 16.7 Å². The Kier molecular flexibility index (Phi) is 7.87. The monoisotopic (exact) mass is 800 g/mol. The van der Waals surface area contributed by atoms with E-state index in [-0.39, 0.29) is 0 Å². The van der Waals surface area contributed by atoms with Crippen LogP contribution >= 0.6 is 0 Å². The van der Waals surface area contributed by atoms with Crippen molar-refractivity contribution in [2.24, 2.45) is 0 Å². The highest BCUT2D eigenvalue weighted by atomic mass is 15.0.